The number of hydrogen-bond acceptors (Lipinski definition) is 3. The maximum Gasteiger partial charge on any atom is 0.323 e. The number of amides is 3. The van der Waals surface area contributed by atoms with Gasteiger partial charge in [-0.2, -0.15) is 0 Å². The monoisotopic (exact) mass is 470 g/mol. The van der Waals surface area contributed by atoms with Gasteiger partial charge in [-0.25, -0.2) is 4.79 Å². The summed E-state index contributed by atoms with van der Waals surface area (Å²) in [7, 11) is 0. The average molecular weight is 471 g/mol. The van der Waals surface area contributed by atoms with Gasteiger partial charge >= 0.3 is 6.03 Å². The van der Waals surface area contributed by atoms with Crippen LogP contribution in [0.1, 0.15) is 46.8 Å². The molecule has 0 spiro atoms. The van der Waals surface area contributed by atoms with Crippen LogP contribution in [0.25, 0.3) is 0 Å². The van der Waals surface area contributed by atoms with E-state index in [2.05, 4.69) is 27.8 Å². The molecule has 0 unspecified atom stereocenters. The molecule has 1 heterocycles. The highest BCUT2D eigenvalue weighted by atomic mass is 16.2. The topological polar surface area (TPSA) is 73.5 Å². The van der Waals surface area contributed by atoms with Crippen LogP contribution in [0.3, 0.4) is 0 Å². The summed E-state index contributed by atoms with van der Waals surface area (Å²) in [5, 5.41) is 8.89. The van der Waals surface area contributed by atoms with E-state index in [1.165, 1.54) is 0 Å². The molecule has 182 valence electrons. The minimum absolute atomic E-state index is 0.152. The van der Waals surface area contributed by atoms with Gasteiger partial charge in [0.15, 0.2) is 0 Å². The molecule has 3 aromatic rings. The van der Waals surface area contributed by atoms with E-state index in [0.717, 1.165) is 54.0 Å². The van der Waals surface area contributed by atoms with E-state index in [0.29, 0.717) is 23.7 Å². The summed E-state index contributed by atoms with van der Waals surface area (Å²) in [6.45, 7) is 8.48. The first-order chi connectivity index (χ1) is 16.9. The molecule has 3 aromatic carbocycles. The van der Waals surface area contributed by atoms with Gasteiger partial charge in [0.2, 0.25) is 0 Å². The number of piperidine rings is 1. The minimum atomic E-state index is -0.336. The number of rotatable bonds is 6. The van der Waals surface area contributed by atoms with Crippen LogP contribution in [0.15, 0.2) is 66.7 Å². The van der Waals surface area contributed by atoms with Crippen LogP contribution in [0, 0.1) is 19.8 Å². The molecular formula is C29H34N4O2. The molecule has 0 bridgehead atoms. The number of para-hydroxylation sites is 1. The van der Waals surface area contributed by atoms with Gasteiger partial charge in [0.25, 0.3) is 5.91 Å². The molecule has 0 aromatic heterocycles. The van der Waals surface area contributed by atoms with Crippen molar-refractivity contribution >= 4 is 29.0 Å². The Hall–Kier alpha value is -3.80. The van der Waals surface area contributed by atoms with Gasteiger partial charge in [0, 0.05) is 36.7 Å². The van der Waals surface area contributed by atoms with Crippen LogP contribution in [0.4, 0.5) is 21.9 Å². The summed E-state index contributed by atoms with van der Waals surface area (Å²) in [4.78, 5) is 28.3. The zero-order valence-corrected chi connectivity index (χ0v) is 20.7. The predicted molar refractivity (Wildman–Crippen MR) is 143 cm³/mol. The van der Waals surface area contributed by atoms with Crippen molar-refractivity contribution in [3.8, 4) is 0 Å². The molecule has 0 radical (unpaired) electrons. The van der Waals surface area contributed by atoms with Gasteiger partial charge < -0.3 is 20.9 Å². The van der Waals surface area contributed by atoms with E-state index < -0.39 is 0 Å². The quantitative estimate of drug-likeness (QED) is 0.407. The lowest BCUT2D eigenvalue weighted by Crippen LogP contribution is -2.35. The van der Waals surface area contributed by atoms with Crippen molar-refractivity contribution in [2.75, 3.05) is 28.6 Å². The fourth-order valence-electron chi connectivity index (χ4n) is 4.48. The number of anilines is 3. The lowest BCUT2D eigenvalue weighted by molar-refractivity contribution is 0.0951. The number of benzene rings is 3. The summed E-state index contributed by atoms with van der Waals surface area (Å²) in [6, 6.07) is 21.0. The summed E-state index contributed by atoms with van der Waals surface area (Å²) in [5.74, 6) is 0.539. The molecule has 0 aliphatic carbocycles. The highest BCUT2D eigenvalue weighted by molar-refractivity contribution is 6.04. The van der Waals surface area contributed by atoms with E-state index >= 15 is 0 Å². The standard InChI is InChI=1S/C29H34N4O2/c1-20-14-16-33(17-15-20)26-13-12-24(31-29(35)32-27-21(2)8-7-9-22(27)3)18-25(26)28(34)30-19-23-10-5-4-6-11-23/h4-13,18,20H,14-17,19H2,1-3H3,(H,30,34)(H2,31,32,35). The second-order valence-electron chi connectivity index (χ2n) is 9.42. The Morgan fingerprint density at radius 2 is 1.57 bits per heavy atom. The SMILES string of the molecule is Cc1cccc(C)c1NC(=O)Nc1ccc(N2CCC(C)CC2)c(C(=O)NCc2ccccc2)c1. The number of aryl methyl sites for hydroxylation is 2. The number of nitrogens with zero attached hydrogens (tertiary/aromatic N) is 1. The Kier molecular flexibility index (Phi) is 7.70. The Morgan fingerprint density at radius 3 is 2.26 bits per heavy atom. The molecule has 3 amide bonds. The Bertz CT molecular complexity index is 1160. The van der Waals surface area contributed by atoms with Crippen LogP contribution < -0.4 is 20.9 Å². The van der Waals surface area contributed by atoms with Crippen LogP contribution in [0.2, 0.25) is 0 Å². The fraction of sp³-hybridized carbons (Fsp3) is 0.310. The number of urea groups is 1. The maximum atomic E-state index is 13.3. The summed E-state index contributed by atoms with van der Waals surface area (Å²) >= 11 is 0. The molecule has 1 saturated heterocycles. The van der Waals surface area contributed by atoms with Crippen molar-refractivity contribution in [2.24, 2.45) is 5.92 Å². The number of nitrogens with one attached hydrogen (secondary N) is 3. The Balaban J connectivity index is 1.54. The second-order valence-corrected chi connectivity index (χ2v) is 9.42. The van der Waals surface area contributed by atoms with Crippen molar-refractivity contribution in [3.63, 3.8) is 0 Å². The van der Waals surface area contributed by atoms with Crippen LogP contribution in [-0.2, 0) is 6.54 Å². The van der Waals surface area contributed by atoms with Crippen molar-refractivity contribution < 1.29 is 9.59 Å². The summed E-state index contributed by atoms with van der Waals surface area (Å²) in [6.07, 6.45) is 2.20. The average Bonchev–Trinajstić information content (AvgIpc) is 2.86. The lowest BCUT2D eigenvalue weighted by atomic mass is 9.97. The maximum absolute atomic E-state index is 13.3. The third-order valence-corrected chi connectivity index (χ3v) is 6.64. The molecule has 35 heavy (non-hydrogen) atoms. The summed E-state index contributed by atoms with van der Waals surface area (Å²) in [5.41, 5.74) is 5.88. The molecule has 0 saturated carbocycles. The molecule has 0 atom stereocenters. The first-order valence-electron chi connectivity index (χ1n) is 12.3. The van der Waals surface area contributed by atoms with Crippen molar-refractivity contribution in [1.82, 2.24) is 5.32 Å². The molecule has 1 fully saturated rings. The zero-order chi connectivity index (χ0) is 24.8. The number of hydrogen-bond donors (Lipinski definition) is 3. The van der Waals surface area contributed by atoms with E-state index in [1.54, 1.807) is 6.07 Å². The fourth-order valence-corrected chi connectivity index (χ4v) is 4.48. The molecule has 1 aliphatic heterocycles. The zero-order valence-electron chi connectivity index (χ0n) is 20.7. The number of carbonyl (C=O) groups excluding carboxylic acids is 2. The van der Waals surface area contributed by atoms with E-state index in [-0.39, 0.29) is 11.9 Å². The molecule has 1 aliphatic rings. The minimum Gasteiger partial charge on any atom is -0.371 e. The smallest absolute Gasteiger partial charge is 0.323 e. The van der Waals surface area contributed by atoms with Gasteiger partial charge in [0.1, 0.15) is 0 Å². The highest BCUT2D eigenvalue weighted by Crippen LogP contribution is 2.29. The van der Waals surface area contributed by atoms with E-state index in [1.807, 2.05) is 74.5 Å². The highest BCUT2D eigenvalue weighted by Gasteiger charge is 2.22. The first kappa shape index (κ1) is 24.3. The van der Waals surface area contributed by atoms with E-state index in [9.17, 15) is 9.59 Å². The number of carbonyl (C=O) groups is 2. The third-order valence-electron chi connectivity index (χ3n) is 6.64. The third kappa shape index (κ3) is 6.21. The predicted octanol–water partition coefficient (Wildman–Crippen LogP) is 6.11. The van der Waals surface area contributed by atoms with Crippen LogP contribution in [-0.4, -0.2) is 25.0 Å². The van der Waals surface area contributed by atoms with Crippen LogP contribution in [0.5, 0.6) is 0 Å². The van der Waals surface area contributed by atoms with Gasteiger partial charge in [-0.1, -0.05) is 55.5 Å². The van der Waals surface area contributed by atoms with Gasteiger partial charge in [-0.05, 0) is 67.5 Å². The molecule has 6 heteroatoms. The molecular weight excluding hydrogens is 436 g/mol. The Morgan fingerprint density at radius 1 is 0.886 bits per heavy atom. The second kappa shape index (κ2) is 11.1. The normalized spacial score (nSPS) is 13.9. The van der Waals surface area contributed by atoms with Crippen molar-refractivity contribution in [1.29, 1.82) is 0 Å². The van der Waals surface area contributed by atoms with Crippen molar-refractivity contribution in [2.45, 2.75) is 40.2 Å². The Labute approximate surface area is 207 Å². The molecule has 3 N–H and O–H groups in total. The molecule has 4 rings (SSSR count). The van der Waals surface area contributed by atoms with E-state index in [4.69, 9.17) is 0 Å². The van der Waals surface area contributed by atoms with Gasteiger partial charge in [-0.15, -0.1) is 0 Å². The first-order valence-corrected chi connectivity index (χ1v) is 12.3. The van der Waals surface area contributed by atoms with Gasteiger partial charge in [0.05, 0.1) is 5.56 Å². The van der Waals surface area contributed by atoms with Gasteiger partial charge in [-0.3, -0.25) is 4.79 Å². The molecule has 6 nitrogen and oxygen atoms in total. The van der Waals surface area contributed by atoms with Crippen LogP contribution >= 0.6 is 0 Å². The largest absolute Gasteiger partial charge is 0.371 e. The summed E-state index contributed by atoms with van der Waals surface area (Å²) < 4.78 is 0. The lowest BCUT2D eigenvalue weighted by Gasteiger charge is -2.33. The van der Waals surface area contributed by atoms with Crippen molar-refractivity contribution in [3.05, 3.63) is 89.0 Å².